The molecule has 0 fully saturated rings. The molecule has 8 nitrogen and oxygen atoms in total. The molecule has 3 aromatic carbocycles. The maximum absolute atomic E-state index is 13.6. The van der Waals surface area contributed by atoms with E-state index in [1.807, 2.05) is 49.4 Å². The van der Waals surface area contributed by atoms with Crippen LogP contribution in [0.1, 0.15) is 24.1 Å². The molecule has 4 aromatic rings. The molecule has 0 spiro atoms. The number of carbonyl (C=O) groups excluding carboxylic acids is 1. The molecule has 1 amide bonds. The number of anilines is 2. The molecule has 0 unspecified atom stereocenters. The molecule has 1 aliphatic rings. The number of fused-ring (bicyclic) bond motifs is 1. The third kappa shape index (κ3) is 5.12. The zero-order chi connectivity index (χ0) is 25.9. The minimum absolute atomic E-state index is 0.277. The highest BCUT2D eigenvalue weighted by molar-refractivity contribution is 6.42. The molecule has 0 saturated heterocycles. The van der Waals surface area contributed by atoms with Crippen LogP contribution in [0.5, 0.6) is 11.5 Å². The molecule has 37 heavy (non-hydrogen) atoms. The molecule has 1 atom stereocenters. The van der Waals surface area contributed by atoms with Gasteiger partial charge in [0.25, 0.3) is 5.91 Å². The minimum atomic E-state index is -0.502. The lowest BCUT2D eigenvalue weighted by Crippen LogP contribution is -2.31. The Bertz CT molecular complexity index is 1480. The number of rotatable bonds is 7. The van der Waals surface area contributed by atoms with Crippen LogP contribution in [0.4, 0.5) is 11.6 Å². The Kier molecular flexibility index (Phi) is 7.03. The maximum atomic E-state index is 13.6. The van der Waals surface area contributed by atoms with E-state index in [0.717, 1.165) is 11.1 Å². The van der Waals surface area contributed by atoms with Crippen LogP contribution in [0.3, 0.4) is 0 Å². The normalized spacial score (nSPS) is 14.5. The predicted molar refractivity (Wildman–Crippen MR) is 143 cm³/mol. The number of nitrogens with zero attached hydrogens (tertiary/aromatic N) is 3. The van der Waals surface area contributed by atoms with Crippen molar-refractivity contribution in [2.45, 2.75) is 19.6 Å². The monoisotopic (exact) mass is 535 g/mol. The van der Waals surface area contributed by atoms with Crippen LogP contribution in [-0.4, -0.2) is 27.8 Å². The van der Waals surface area contributed by atoms with Crippen molar-refractivity contribution in [2.75, 3.05) is 17.7 Å². The number of allylic oxidation sites excluding steroid dienone is 1. The van der Waals surface area contributed by atoms with E-state index in [4.69, 9.17) is 32.7 Å². The third-order valence-electron chi connectivity index (χ3n) is 5.98. The number of benzene rings is 3. The Hall–Kier alpha value is -4.01. The summed E-state index contributed by atoms with van der Waals surface area (Å²) in [4.78, 5) is 17.9. The molecule has 2 heterocycles. The van der Waals surface area contributed by atoms with Crippen molar-refractivity contribution in [1.82, 2.24) is 14.8 Å². The number of para-hydroxylation sites is 2. The topological polar surface area (TPSA) is 90.3 Å². The van der Waals surface area contributed by atoms with E-state index in [-0.39, 0.29) is 5.91 Å². The van der Waals surface area contributed by atoms with Gasteiger partial charge in [0.1, 0.15) is 30.5 Å². The van der Waals surface area contributed by atoms with Crippen LogP contribution in [0.15, 0.2) is 84.3 Å². The van der Waals surface area contributed by atoms with Crippen molar-refractivity contribution in [3.05, 3.63) is 105 Å². The fourth-order valence-corrected chi connectivity index (χ4v) is 4.49. The van der Waals surface area contributed by atoms with Gasteiger partial charge in [0.05, 0.1) is 28.4 Å². The zero-order valence-electron chi connectivity index (χ0n) is 20.0. The number of hydrogen-bond donors (Lipinski definition) is 2. The lowest BCUT2D eigenvalue weighted by molar-refractivity contribution is -0.113. The van der Waals surface area contributed by atoms with Gasteiger partial charge >= 0.3 is 0 Å². The number of methoxy groups -OCH3 is 1. The molecule has 188 valence electrons. The number of amides is 1. The highest BCUT2D eigenvalue weighted by Gasteiger charge is 2.33. The summed E-state index contributed by atoms with van der Waals surface area (Å²) in [6, 6.07) is 19.7. The summed E-state index contributed by atoms with van der Waals surface area (Å²) in [6.07, 6.45) is 1.46. The average molecular weight is 536 g/mol. The van der Waals surface area contributed by atoms with Gasteiger partial charge in [-0.15, -0.1) is 0 Å². The molecule has 0 aliphatic carbocycles. The van der Waals surface area contributed by atoms with E-state index in [2.05, 4.69) is 20.7 Å². The standard InChI is InChI=1S/C27H23Cl2N5O3/c1-16-24(26(35)33-22-5-3-4-6-23(22)36-2)25(34-27(32-16)30-15-31-34)18-8-10-19(11-9-18)37-14-17-7-12-20(28)21(29)13-17/h3-13,15,25H,14H2,1-2H3,(H,33,35)(H,30,31,32)/t25-/m0/s1. The van der Waals surface area contributed by atoms with Gasteiger partial charge in [0.15, 0.2) is 0 Å². The van der Waals surface area contributed by atoms with Gasteiger partial charge in [-0.05, 0) is 54.4 Å². The Labute approximate surface area is 223 Å². The molecule has 2 N–H and O–H groups in total. The third-order valence-corrected chi connectivity index (χ3v) is 6.72. The average Bonchev–Trinajstić information content (AvgIpc) is 3.37. The highest BCUT2D eigenvalue weighted by atomic mass is 35.5. The first-order chi connectivity index (χ1) is 17.9. The van der Waals surface area contributed by atoms with Crippen molar-refractivity contribution in [1.29, 1.82) is 0 Å². The zero-order valence-corrected chi connectivity index (χ0v) is 21.5. The minimum Gasteiger partial charge on any atom is -0.495 e. The molecule has 0 radical (unpaired) electrons. The van der Waals surface area contributed by atoms with Crippen molar-refractivity contribution < 1.29 is 14.3 Å². The fraction of sp³-hybridized carbons (Fsp3) is 0.148. The van der Waals surface area contributed by atoms with E-state index in [1.165, 1.54) is 6.33 Å². The summed E-state index contributed by atoms with van der Waals surface area (Å²) < 4.78 is 13.0. The van der Waals surface area contributed by atoms with Crippen LogP contribution in [-0.2, 0) is 11.4 Å². The molecule has 0 bridgehead atoms. The summed E-state index contributed by atoms with van der Waals surface area (Å²) in [7, 11) is 1.56. The molecular weight excluding hydrogens is 513 g/mol. The summed E-state index contributed by atoms with van der Waals surface area (Å²) in [6.45, 7) is 2.18. The lowest BCUT2D eigenvalue weighted by Gasteiger charge is -2.29. The molecule has 5 rings (SSSR count). The van der Waals surface area contributed by atoms with Gasteiger partial charge in [-0.25, -0.2) is 4.68 Å². The molecule has 0 saturated carbocycles. The first-order valence-electron chi connectivity index (χ1n) is 11.4. The molecule has 1 aliphatic heterocycles. The van der Waals surface area contributed by atoms with Crippen molar-refractivity contribution >= 4 is 40.7 Å². The summed E-state index contributed by atoms with van der Waals surface area (Å²) >= 11 is 12.1. The second-order valence-corrected chi connectivity index (χ2v) is 9.17. The van der Waals surface area contributed by atoms with Crippen molar-refractivity contribution in [3.63, 3.8) is 0 Å². The SMILES string of the molecule is COc1ccccc1NC(=O)C1=C(C)Nc2ncnn2[C@H]1c1ccc(OCc2ccc(Cl)c(Cl)c2)cc1. The Morgan fingerprint density at radius 2 is 1.86 bits per heavy atom. The number of nitrogens with one attached hydrogen (secondary N) is 2. The largest absolute Gasteiger partial charge is 0.495 e. The Morgan fingerprint density at radius 3 is 2.62 bits per heavy atom. The summed E-state index contributed by atoms with van der Waals surface area (Å²) in [5.74, 6) is 1.51. The predicted octanol–water partition coefficient (Wildman–Crippen LogP) is 6.10. The number of ether oxygens (including phenoxy) is 2. The van der Waals surface area contributed by atoms with Crippen LogP contribution >= 0.6 is 23.2 Å². The van der Waals surface area contributed by atoms with Gasteiger partial charge in [0.2, 0.25) is 5.95 Å². The van der Waals surface area contributed by atoms with Crippen LogP contribution in [0.25, 0.3) is 0 Å². The van der Waals surface area contributed by atoms with Crippen molar-refractivity contribution in [3.8, 4) is 11.5 Å². The van der Waals surface area contributed by atoms with Crippen molar-refractivity contribution in [2.24, 2.45) is 0 Å². The van der Waals surface area contributed by atoms with Crippen LogP contribution in [0, 0.1) is 0 Å². The smallest absolute Gasteiger partial charge is 0.255 e. The quantitative estimate of drug-likeness (QED) is 0.297. The maximum Gasteiger partial charge on any atom is 0.255 e. The lowest BCUT2D eigenvalue weighted by atomic mass is 9.95. The highest BCUT2D eigenvalue weighted by Crippen LogP contribution is 2.36. The van der Waals surface area contributed by atoms with Gasteiger partial charge in [-0.3, -0.25) is 4.79 Å². The Balaban J connectivity index is 1.41. The first kappa shape index (κ1) is 24.7. The second kappa shape index (κ2) is 10.5. The summed E-state index contributed by atoms with van der Waals surface area (Å²) in [5.41, 5.74) is 3.51. The molecule has 10 heteroatoms. The van der Waals surface area contributed by atoms with Gasteiger partial charge in [0, 0.05) is 5.70 Å². The van der Waals surface area contributed by atoms with Crippen LogP contribution in [0.2, 0.25) is 10.0 Å². The van der Waals surface area contributed by atoms with E-state index >= 15 is 0 Å². The second-order valence-electron chi connectivity index (χ2n) is 8.36. The Morgan fingerprint density at radius 1 is 1.08 bits per heavy atom. The summed E-state index contributed by atoms with van der Waals surface area (Å²) in [5, 5.41) is 11.5. The van der Waals surface area contributed by atoms with Crippen LogP contribution < -0.4 is 20.1 Å². The van der Waals surface area contributed by atoms with E-state index in [1.54, 1.807) is 36.1 Å². The van der Waals surface area contributed by atoms with E-state index in [9.17, 15) is 4.79 Å². The molecule has 1 aromatic heterocycles. The number of carbonyl (C=O) groups is 1. The fourth-order valence-electron chi connectivity index (χ4n) is 4.17. The van der Waals surface area contributed by atoms with E-state index < -0.39 is 6.04 Å². The van der Waals surface area contributed by atoms with Gasteiger partial charge in [-0.1, -0.05) is 53.5 Å². The van der Waals surface area contributed by atoms with E-state index in [0.29, 0.717) is 51.1 Å². The number of aromatic nitrogens is 3. The molecular formula is C27H23Cl2N5O3. The number of hydrogen-bond acceptors (Lipinski definition) is 6. The van der Waals surface area contributed by atoms with Gasteiger partial charge in [-0.2, -0.15) is 10.1 Å². The number of halogens is 2. The van der Waals surface area contributed by atoms with Gasteiger partial charge < -0.3 is 20.1 Å². The first-order valence-corrected chi connectivity index (χ1v) is 12.2.